The van der Waals surface area contributed by atoms with Crippen molar-refractivity contribution in [3.05, 3.63) is 29.0 Å². The van der Waals surface area contributed by atoms with E-state index in [4.69, 9.17) is 26.7 Å². The normalized spacial score (nSPS) is 15.9. The second-order valence-corrected chi connectivity index (χ2v) is 6.61. The molecule has 1 aliphatic rings. The Labute approximate surface area is 139 Å². The lowest BCUT2D eigenvalue weighted by Crippen LogP contribution is -2.44. The van der Waals surface area contributed by atoms with E-state index >= 15 is 0 Å². The van der Waals surface area contributed by atoms with E-state index in [2.05, 4.69) is 24.1 Å². The zero-order valence-electron chi connectivity index (χ0n) is 13.3. The minimum atomic E-state index is 0.264. The largest absolute Gasteiger partial charge is 0.338 e. The molecule has 0 bridgehead atoms. The molecule has 0 aliphatic carbocycles. The second kappa shape index (κ2) is 5.62. The highest BCUT2D eigenvalue weighted by Gasteiger charge is 2.20. The maximum Gasteiger partial charge on any atom is 0.229 e. The summed E-state index contributed by atoms with van der Waals surface area (Å²) in [5.41, 5.74) is 1.73. The molecule has 7 heteroatoms. The summed E-state index contributed by atoms with van der Waals surface area (Å²) in [7, 11) is 0. The molecule has 0 unspecified atom stereocenters. The van der Waals surface area contributed by atoms with Crippen LogP contribution in [0.3, 0.4) is 0 Å². The number of fused-ring (bicyclic) bond motifs is 3. The molecule has 3 heterocycles. The lowest BCUT2D eigenvalue weighted by Gasteiger charge is -2.28. The number of benzene rings is 1. The molecule has 6 nitrogen and oxygen atoms in total. The number of rotatable bonds is 2. The van der Waals surface area contributed by atoms with E-state index in [1.807, 2.05) is 22.7 Å². The van der Waals surface area contributed by atoms with E-state index in [0.717, 1.165) is 54.5 Å². The molecular weight excluding hydrogens is 312 g/mol. The van der Waals surface area contributed by atoms with Crippen molar-refractivity contribution in [1.82, 2.24) is 24.9 Å². The number of hydrogen-bond acceptors (Lipinski definition) is 5. The summed E-state index contributed by atoms with van der Waals surface area (Å²) in [4.78, 5) is 11.8. The SMILES string of the molecule is CC(C)c1nc2c3cc(Cl)ccc3nc(N3CCNCC3)n2n1. The predicted molar refractivity (Wildman–Crippen MR) is 92.5 cm³/mol. The van der Waals surface area contributed by atoms with E-state index in [0.29, 0.717) is 5.02 Å². The fourth-order valence-corrected chi connectivity index (χ4v) is 3.07. The summed E-state index contributed by atoms with van der Waals surface area (Å²) in [5.74, 6) is 1.95. The number of aromatic nitrogens is 4. The summed E-state index contributed by atoms with van der Waals surface area (Å²) in [6.07, 6.45) is 0. The minimum absolute atomic E-state index is 0.264. The number of hydrogen-bond donors (Lipinski definition) is 1. The molecule has 4 rings (SSSR count). The lowest BCUT2D eigenvalue weighted by molar-refractivity contribution is 0.574. The van der Waals surface area contributed by atoms with Crippen LogP contribution in [0.25, 0.3) is 16.6 Å². The topological polar surface area (TPSA) is 58.4 Å². The van der Waals surface area contributed by atoms with Gasteiger partial charge < -0.3 is 10.2 Å². The van der Waals surface area contributed by atoms with Crippen LogP contribution in [0.15, 0.2) is 18.2 Å². The van der Waals surface area contributed by atoms with Crippen LogP contribution in [0, 0.1) is 0 Å². The Morgan fingerprint density at radius 3 is 2.70 bits per heavy atom. The first-order chi connectivity index (χ1) is 11.1. The molecular formula is C16H19ClN6. The van der Waals surface area contributed by atoms with Gasteiger partial charge in [-0.25, -0.2) is 9.97 Å². The average molecular weight is 331 g/mol. The van der Waals surface area contributed by atoms with Crippen LogP contribution in [0.1, 0.15) is 25.6 Å². The van der Waals surface area contributed by atoms with Gasteiger partial charge in [0.25, 0.3) is 0 Å². The van der Waals surface area contributed by atoms with Gasteiger partial charge in [0.05, 0.1) is 5.52 Å². The van der Waals surface area contributed by atoms with Crippen molar-refractivity contribution < 1.29 is 0 Å². The number of halogens is 1. The van der Waals surface area contributed by atoms with Gasteiger partial charge in [-0.15, -0.1) is 5.10 Å². The van der Waals surface area contributed by atoms with E-state index in [1.165, 1.54) is 0 Å². The summed E-state index contributed by atoms with van der Waals surface area (Å²) in [6.45, 7) is 7.93. The number of anilines is 1. The third kappa shape index (κ3) is 2.52. The Hall–Kier alpha value is -1.92. The molecule has 1 aromatic carbocycles. The van der Waals surface area contributed by atoms with Gasteiger partial charge >= 0.3 is 0 Å². The summed E-state index contributed by atoms with van der Waals surface area (Å²) in [6, 6.07) is 5.74. The highest BCUT2D eigenvalue weighted by molar-refractivity contribution is 6.31. The standard InChI is InChI=1S/C16H19ClN6/c1-10(2)14-20-15-12-9-11(17)3-4-13(12)19-16(23(15)21-14)22-7-5-18-6-8-22/h3-4,9-10,18H,5-8H2,1-2H3. The van der Waals surface area contributed by atoms with Gasteiger partial charge in [-0.05, 0) is 18.2 Å². The molecule has 1 N–H and O–H groups in total. The predicted octanol–water partition coefficient (Wildman–Crippen LogP) is 2.46. The third-order valence-electron chi connectivity index (χ3n) is 4.15. The molecule has 120 valence electrons. The average Bonchev–Trinajstić information content (AvgIpc) is 3.01. The first-order valence-electron chi connectivity index (χ1n) is 7.95. The maximum absolute atomic E-state index is 6.17. The first-order valence-corrected chi connectivity index (χ1v) is 8.33. The highest BCUT2D eigenvalue weighted by Crippen LogP contribution is 2.26. The van der Waals surface area contributed by atoms with Crippen molar-refractivity contribution in [3.8, 4) is 0 Å². The van der Waals surface area contributed by atoms with E-state index in [9.17, 15) is 0 Å². The van der Waals surface area contributed by atoms with Crippen LogP contribution in [-0.2, 0) is 0 Å². The van der Waals surface area contributed by atoms with Crippen LogP contribution >= 0.6 is 11.6 Å². The minimum Gasteiger partial charge on any atom is -0.338 e. The van der Waals surface area contributed by atoms with Crippen LogP contribution in [0.2, 0.25) is 5.02 Å². The van der Waals surface area contributed by atoms with Crippen LogP contribution < -0.4 is 10.2 Å². The molecule has 0 radical (unpaired) electrons. The van der Waals surface area contributed by atoms with Gasteiger partial charge in [0.2, 0.25) is 5.95 Å². The molecule has 0 atom stereocenters. The molecule has 23 heavy (non-hydrogen) atoms. The van der Waals surface area contributed by atoms with Crippen LogP contribution in [0.5, 0.6) is 0 Å². The van der Waals surface area contributed by atoms with E-state index in [1.54, 1.807) is 0 Å². The van der Waals surface area contributed by atoms with E-state index < -0.39 is 0 Å². The van der Waals surface area contributed by atoms with Crippen molar-refractivity contribution in [3.63, 3.8) is 0 Å². The zero-order valence-corrected chi connectivity index (χ0v) is 14.0. The van der Waals surface area contributed by atoms with Crippen molar-refractivity contribution in [2.45, 2.75) is 19.8 Å². The number of nitrogens with zero attached hydrogens (tertiary/aromatic N) is 5. The van der Waals surface area contributed by atoms with Gasteiger partial charge in [0.1, 0.15) is 0 Å². The Kier molecular flexibility index (Phi) is 3.58. The number of nitrogens with one attached hydrogen (secondary N) is 1. The highest BCUT2D eigenvalue weighted by atomic mass is 35.5. The molecule has 0 spiro atoms. The lowest BCUT2D eigenvalue weighted by atomic mass is 10.2. The molecule has 0 saturated carbocycles. The Bertz CT molecular complexity index is 866. The Morgan fingerprint density at radius 2 is 1.96 bits per heavy atom. The number of piperazine rings is 1. The van der Waals surface area contributed by atoms with Crippen molar-refractivity contribution in [2.24, 2.45) is 0 Å². The summed E-state index contributed by atoms with van der Waals surface area (Å²) < 4.78 is 1.87. The smallest absolute Gasteiger partial charge is 0.229 e. The van der Waals surface area contributed by atoms with Gasteiger partial charge in [0, 0.05) is 42.5 Å². The Morgan fingerprint density at radius 1 is 1.17 bits per heavy atom. The third-order valence-corrected chi connectivity index (χ3v) is 4.38. The molecule has 3 aromatic rings. The fourth-order valence-electron chi connectivity index (χ4n) is 2.90. The molecule has 1 fully saturated rings. The quantitative estimate of drug-likeness (QED) is 0.782. The fraction of sp³-hybridized carbons (Fsp3) is 0.438. The maximum atomic E-state index is 6.17. The summed E-state index contributed by atoms with van der Waals surface area (Å²) in [5, 5.41) is 9.70. The summed E-state index contributed by atoms with van der Waals surface area (Å²) >= 11 is 6.17. The van der Waals surface area contributed by atoms with Crippen molar-refractivity contribution in [2.75, 3.05) is 31.1 Å². The van der Waals surface area contributed by atoms with Gasteiger partial charge in [-0.3, -0.25) is 0 Å². The Balaban J connectivity index is 2.01. The second-order valence-electron chi connectivity index (χ2n) is 6.17. The molecule has 2 aromatic heterocycles. The monoisotopic (exact) mass is 330 g/mol. The van der Waals surface area contributed by atoms with Crippen LogP contribution in [-0.4, -0.2) is 45.8 Å². The van der Waals surface area contributed by atoms with Crippen LogP contribution in [0.4, 0.5) is 5.95 Å². The van der Waals surface area contributed by atoms with Gasteiger partial charge in [-0.1, -0.05) is 25.4 Å². The van der Waals surface area contributed by atoms with Crippen molar-refractivity contribution >= 4 is 34.1 Å². The molecule has 0 amide bonds. The molecule has 1 saturated heterocycles. The molecule has 1 aliphatic heterocycles. The van der Waals surface area contributed by atoms with Crippen molar-refractivity contribution in [1.29, 1.82) is 0 Å². The van der Waals surface area contributed by atoms with Gasteiger partial charge in [0.15, 0.2) is 11.5 Å². The first kappa shape index (κ1) is 14.7. The van der Waals surface area contributed by atoms with Gasteiger partial charge in [-0.2, -0.15) is 4.52 Å². The van der Waals surface area contributed by atoms with E-state index in [-0.39, 0.29) is 5.92 Å². The zero-order chi connectivity index (χ0) is 16.0.